The first kappa shape index (κ1) is 12.7. The van der Waals surface area contributed by atoms with Crippen molar-refractivity contribution < 1.29 is 23.4 Å². The number of hydrogen-bond donors (Lipinski definition) is 2. The van der Waals surface area contributed by atoms with E-state index in [0.29, 0.717) is 6.08 Å². The topological polar surface area (TPSA) is 40.5 Å². The molecule has 2 unspecified atom stereocenters. The highest BCUT2D eigenvalue weighted by atomic mass is 19.4. The van der Waals surface area contributed by atoms with E-state index >= 15 is 0 Å². The number of aliphatic hydroxyl groups is 2. The van der Waals surface area contributed by atoms with Crippen molar-refractivity contribution in [3.63, 3.8) is 0 Å². The summed E-state index contributed by atoms with van der Waals surface area (Å²) >= 11 is 0. The third-order valence-corrected chi connectivity index (χ3v) is 2.94. The molecule has 96 valence electrons. The Hall–Kier alpha value is -1.75. The molecule has 0 amide bonds. The standard InChI is InChI=1S/C13H11F3O2/c14-13(15,16)12(18)8-4-7-10(17)11(12)9-5-2-1-3-6-9/h1-8,11,17-18H. The summed E-state index contributed by atoms with van der Waals surface area (Å²) < 4.78 is 39.0. The molecule has 0 aromatic heterocycles. The minimum atomic E-state index is -4.87. The van der Waals surface area contributed by atoms with Crippen LogP contribution in [0.1, 0.15) is 11.5 Å². The van der Waals surface area contributed by atoms with Gasteiger partial charge in [-0.05, 0) is 17.7 Å². The number of alkyl halides is 3. The Morgan fingerprint density at radius 2 is 1.72 bits per heavy atom. The molecule has 2 rings (SSSR count). The van der Waals surface area contributed by atoms with Gasteiger partial charge < -0.3 is 10.2 Å². The monoisotopic (exact) mass is 256 g/mol. The summed E-state index contributed by atoms with van der Waals surface area (Å²) in [7, 11) is 0. The van der Waals surface area contributed by atoms with Crippen LogP contribution in [0.3, 0.4) is 0 Å². The van der Waals surface area contributed by atoms with Crippen LogP contribution in [-0.2, 0) is 0 Å². The maximum atomic E-state index is 13.0. The second-order valence-corrected chi connectivity index (χ2v) is 4.12. The van der Waals surface area contributed by atoms with Crippen LogP contribution >= 0.6 is 0 Å². The first-order valence-electron chi connectivity index (χ1n) is 5.28. The van der Waals surface area contributed by atoms with Gasteiger partial charge in [0.1, 0.15) is 5.76 Å². The zero-order valence-electron chi connectivity index (χ0n) is 9.22. The number of benzene rings is 1. The van der Waals surface area contributed by atoms with E-state index in [1.807, 2.05) is 0 Å². The zero-order valence-corrected chi connectivity index (χ0v) is 9.22. The average molecular weight is 256 g/mol. The Kier molecular flexibility index (Phi) is 2.94. The predicted octanol–water partition coefficient (Wildman–Crippen LogP) is 3.08. The summed E-state index contributed by atoms with van der Waals surface area (Å²) in [5.41, 5.74) is -2.89. The van der Waals surface area contributed by atoms with Crippen molar-refractivity contribution >= 4 is 0 Å². The van der Waals surface area contributed by atoms with Gasteiger partial charge in [-0.3, -0.25) is 0 Å². The van der Waals surface area contributed by atoms with Crippen LogP contribution in [0.4, 0.5) is 13.2 Å². The van der Waals surface area contributed by atoms with Gasteiger partial charge in [0.05, 0.1) is 5.92 Å². The molecule has 1 aromatic carbocycles. The Labute approximate surface area is 102 Å². The molecular formula is C13H11F3O2. The van der Waals surface area contributed by atoms with Crippen molar-refractivity contribution in [2.45, 2.75) is 17.7 Å². The fraction of sp³-hybridized carbons (Fsp3) is 0.231. The van der Waals surface area contributed by atoms with Crippen LogP contribution in [0, 0.1) is 0 Å². The smallest absolute Gasteiger partial charge is 0.421 e. The van der Waals surface area contributed by atoms with Crippen molar-refractivity contribution in [3.05, 3.63) is 59.9 Å². The lowest BCUT2D eigenvalue weighted by molar-refractivity contribution is -0.247. The van der Waals surface area contributed by atoms with Crippen LogP contribution in [0.5, 0.6) is 0 Å². The van der Waals surface area contributed by atoms with Gasteiger partial charge in [0, 0.05) is 0 Å². The first-order chi connectivity index (χ1) is 8.36. The van der Waals surface area contributed by atoms with Gasteiger partial charge in [-0.1, -0.05) is 36.4 Å². The minimum Gasteiger partial charge on any atom is -0.512 e. The van der Waals surface area contributed by atoms with Crippen LogP contribution in [-0.4, -0.2) is 22.0 Å². The average Bonchev–Trinajstić information content (AvgIpc) is 2.29. The van der Waals surface area contributed by atoms with Crippen molar-refractivity contribution in [1.29, 1.82) is 0 Å². The molecule has 0 saturated heterocycles. The van der Waals surface area contributed by atoms with E-state index in [2.05, 4.69) is 0 Å². The summed E-state index contributed by atoms with van der Waals surface area (Å²) in [6.07, 6.45) is -2.06. The second kappa shape index (κ2) is 4.17. The molecule has 1 aliphatic carbocycles. The van der Waals surface area contributed by atoms with Crippen LogP contribution in [0.2, 0.25) is 0 Å². The van der Waals surface area contributed by atoms with Gasteiger partial charge in [0.15, 0.2) is 5.60 Å². The number of aliphatic hydroxyl groups excluding tert-OH is 1. The van der Waals surface area contributed by atoms with E-state index in [0.717, 1.165) is 12.2 Å². The molecule has 5 heteroatoms. The molecule has 2 nitrogen and oxygen atoms in total. The molecule has 18 heavy (non-hydrogen) atoms. The van der Waals surface area contributed by atoms with E-state index in [1.54, 1.807) is 18.2 Å². The minimum absolute atomic E-state index is 0.204. The SMILES string of the molecule is OC1=CC=CC(O)(C(F)(F)F)C1c1ccccc1. The molecule has 0 heterocycles. The highest BCUT2D eigenvalue weighted by Gasteiger charge is 2.59. The number of hydrogen-bond acceptors (Lipinski definition) is 2. The molecule has 0 fully saturated rings. The van der Waals surface area contributed by atoms with E-state index in [-0.39, 0.29) is 5.56 Å². The van der Waals surface area contributed by atoms with Crippen molar-refractivity contribution in [2.75, 3.05) is 0 Å². The van der Waals surface area contributed by atoms with Gasteiger partial charge in [-0.25, -0.2) is 0 Å². The Morgan fingerprint density at radius 3 is 2.28 bits per heavy atom. The van der Waals surface area contributed by atoms with E-state index < -0.39 is 23.5 Å². The molecular weight excluding hydrogens is 245 g/mol. The highest BCUT2D eigenvalue weighted by molar-refractivity contribution is 5.39. The zero-order chi connectivity index (χ0) is 13.4. The molecule has 0 spiro atoms. The maximum absolute atomic E-state index is 13.0. The molecule has 1 aromatic rings. The third kappa shape index (κ3) is 1.90. The normalized spacial score (nSPS) is 28.0. The van der Waals surface area contributed by atoms with Gasteiger partial charge >= 0.3 is 6.18 Å². The van der Waals surface area contributed by atoms with E-state index in [9.17, 15) is 23.4 Å². The Bertz CT molecular complexity index is 491. The summed E-state index contributed by atoms with van der Waals surface area (Å²) in [6.45, 7) is 0. The van der Waals surface area contributed by atoms with Crippen molar-refractivity contribution in [1.82, 2.24) is 0 Å². The summed E-state index contributed by atoms with van der Waals surface area (Å²) in [5.74, 6) is -2.05. The summed E-state index contributed by atoms with van der Waals surface area (Å²) in [4.78, 5) is 0. The van der Waals surface area contributed by atoms with E-state index in [4.69, 9.17) is 0 Å². The van der Waals surface area contributed by atoms with Gasteiger partial charge in [0.25, 0.3) is 0 Å². The van der Waals surface area contributed by atoms with Gasteiger partial charge in [-0.15, -0.1) is 0 Å². The lowest BCUT2D eigenvalue weighted by Crippen LogP contribution is -2.50. The molecule has 2 atom stereocenters. The number of allylic oxidation sites excluding steroid dienone is 2. The Morgan fingerprint density at radius 1 is 1.11 bits per heavy atom. The summed E-state index contributed by atoms with van der Waals surface area (Å²) in [6, 6.07) is 7.63. The lowest BCUT2D eigenvalue weighted by atomic mass is 9.77. The first-order valence-corrected chi connectivity index (χ1v) is 5.28. The third-order valence-electron chi connectivity index (χ3n) is 2.94. The molecule has 0 radical (unpaired) electrons. The van der Waals surface area contributed by atoms with Gasteiger partial charge in [-0.2, -0.15) is 13.2 Å². The van der Waals surface area contributed by atoms with Crippen molar-refractivity contribution in [3.8, 4) is 0 Å². The highest BCUT2D eigenvalue weighted by Crippen LogP contribution is 2.46. The Balaban J connectivity index is 2.54. The van der Waals surface area contributed by atoms with E-state index in [1.165, 1.54) is 12.1 Å². The lowest BCUT2D eigenvalue weighted by Gasteiger charge is -2.36. The van der Waals surface area contributed by atoms with Crippen LogP contribution in [0.25, 0.3) is 0 Å². The van der Waals surface area contributed by atoms with Crippen LogP contribution in [0.15, 0.2) is 54.3 Å². The summed E-state index contributed by atoms with van der Waals surface area (Å²) in [5, 5.41) is 19.5. The number of rotatable bonds is 1. The maximum Gasteiger partial charge on any atom is 0.421 e. The quantitative estimate of drug-likeness (QED) is 0.810. The largest absolute Gasteiger partial charge is 0.512 e. The second-order valence-electron chi connectivity index (χ2n) is 4.12. The van der Waals surface area contributed by atoms with Crippen molar-refractivity contribution in [2.24, 2.45) is 0 Å². The molecule has 2 N–H and O–H groups in total. The molecule has 0 saturated carbocycles. The molecule has 0 aliphatic heterocycles. The van der Waals surface area contributed by atoms with Crippen LogP contribution < -0.4 is 0 Å². The fourth-order valence-electron chi connectivity index (χ4n) is 2.04. The predicted molar refractivity (Wildman–Crippen MR) is 60.0 cm³/mol. The molecule has 0 bridgehead atoms. The number of halogens is 3. The fourth-order valence-corrected chi connectivity index (χ4v) is 2.04. The molecule has 1 aliphatic rings. The van der Waals surface area contributed by atoms with Gasteiger partial charge in [0.2, 0.25) is 0 Å².